The number of hydrogen-bond acceptors (Lipinski definition) is 5. The van der Waals surface area contributed by atoms with Gasteiger partial charge in [-0.15, -0.1) is 0 Å². The molecule has 0 bridgehead atoms. The van der Waals surface area contributed by atoms with Crippen LogP contribution in [0.2, 0.25) is 0 Å². The highest BCUT2D eigenvalue weighted by atomic mass is 19.1. The quantitative estimate of drug-likeness (QED) is 0.630. The topological polar surface area (TPSA) is 95.5 Å². The molecule has 0 saturated carbocycles. The van der Waals surface area contributed by atoms with Crippen LogP contribution in [0.25, 0.3) is 0 Å². The average Bonchev–Trinajstić information content (AvgIpc) is 2.41. The summed E-state index contributed by atoms with van der Waals surface area (Å²) in [6.07, 6.45) is 0. The summed E-state index contributed by atoms with van der Waals surface area (Å²) in [5.74, 6) is -0.922. The standard InChI is InChI=1S/C12H7FN2O5/c13-8-4-5-12(11(6-8)15(18)19)20-10-3-1-2-9(7-10)14(16)17/h1-7H. The van der Waals surface area contributed by atoms with Crippen LogP contribution in [0.4, 0.5) is 15.8 Å². The Morgan fingerprint density at radius 3 is 2.40 bits per heavy atom. The van der Waals surface area contributed by atoms with Crippen molar-refractivity contribution in [1.82, 2.24) is 0 Å². The van der Waals surface area contributed by atoms with Gasteiger partial charge in [-0.3, -0.25) is 20.2 Å². The van der Waals surface area contributed by atoms with Crippen LogP contribution in [-0.4, -0.2) is 9.85 Å². The molecular formula is C12H7FN2O5. The molecular weight excluding hydrogens is 271 g/mol. The van der Waals surface area contributed by atoms with Crippen LogP contribution in [-0.2, 0) is 0 Å². The summed E-state index contributed by atoms with van der Waals surface area (Å²) in [6.45, 7) is 0. The van der Waals surface area contributed by atoms with Crippen molar-refractivity contribution in [3.63, 3.8) is 0 Å². The van der Waals surface area contributed by atoms with Crippen LogP contribution in [0.1, 0.15) is 0 Å². The summed E-state index contributed by atoms with van der Waals surface area (Å²) in [5, 5.41) is 21.4. The lowest BCUT2D eigenvalue weighted by Gasteiger charge is -2.06. The smallest absolute Gasteiger partial charge is 0.314 e. The van der Waals surface area contributed by atoms with Crippen molar-refractivity contribution < 1.29 is 19.0 Å². The van der Waals surface area contributed by atoms with Crippen LogP contribution in [0, 0.1) is 26.0 Å². The lowest BCUT2D eigenvalue weighted by molar-refractivity contribution is -0.386. The number of halogens is 1. The molecule has 0 aliphatic rings. The minimum atomic E-state index is -0.796. The first-order valence-electron chi connectivity index (χ1n) is 5.33. The van der Waals surface area contributed by atoms with Crippen LogP contribution in [0.3, 0.4) is 0 Å². The zero-order valence-electron chi connectivity index (χ0n) is 9.86. The average molecular weight is 278 g/mol. The second-order valence-electron chi connectivity index (χ2n) is 3.73. The summed E-state index contributed by atoms with van der Waals surface area (Å²) in [7, 11) is 0. The van der Waals surface area contributed by atoms with Crippen molar-refractivity contribution in [1.29, 1.82) is 0 Å². The predicted molar refractivity (Wildman–Crippen MR) is 66.2 cm³/mol. The number of non-ortho nitro benzene ring substituents is 1. The van der Waals surface area contributed by atoms with Gasteiger partial charge in [0.2, 0.25) is 5.75 Å². The Bertz CT molecular complexity index is 689. The fraction of sp³-hybridized carbons (Fsp3) is 0. The SMILES string of the molecule is O=[N+]([O-])c1cccc(Oc2ccc(F)cc2[N+](=O)[O-])c1. The van der Waals surface area contributed by atoms with Gasteiger partial charge < -0.3 is 4.74 Å². The van der Waals surface area contributed by atoms with E-state index in [0.29, 0.717) is 6.07 Å². The van der Waals surface area contributed by atoms with E-state index in [9.17, 15) is 24.6 Å². The largest absolute Gasteiger partial charge is 0.450 e. The molecule has 0 N–H and O–H groups in total. The van der Waals surface area contributed by atoms with Crippen molar-refractivity contribution in [2.24, 2.45) is 0 Å². The first-order valence-corrected chi connectivity index (χ1v) is 5.33. The van der Waals surface area contributed by atoms with E-state index in [-0.39, 0.29) is 17.2 Å². The minimum Gasteiger partial charge on any atom is -0.450 e. The molecule has 0 spiro atoms. The monoisotopic (exact) mass is 278 g/mol. The number of hydrogen-bond donors (Lipinski definition) is 0. The molecule has 0 atom stereocenters. The highest BCUT2D eigenvalue weighted by Gasteiger charge is 2.17. The molecule has 0 saturated heterocycles. The van der Waals surface area contributed by atoms with Crippen molar-refractivity contribution in [3.05, 3.63) is 68.5 Å². The van der Waals surface area contributed by atoms with E-state index < -0.39 is 21.4 Å². The molecule has 0 amide bonds. The number of ether oxygens (including phenoxy) is 1. The van der Waals surface area contributed by atoms with E-state index >= 15 is 0 Å². The first kappa shape index (κ1) is 13.4. The molecule has 8 heteroatoms. The highest BCUT2D eigenvalue weighted by molar-refractivity contribution is 5.49. The van der Waals surface area contributed by atoms with Gasteiger partial charge in [-0.1, -0.05) is 6.07 Å². The molecule has 0 fully saturated rings. The third-order valence-corrected chi connectivity index (χ3v) is 2.37. The lowest BCUT2D eigenvalue weighted by Crippen LogP contribution is -1.95. The van der Waals surface area contributed by atoms with Gasteiger partial charge in [-0.25, -0.2) is 4.39 Å². The Morgan fingerprint density at radius 2 is 1.75 bits per heavy atom. The predicted octanol–water partition coefficient (Wildman–Crippen LogP) is 3.43. The van der Waals surface area contributed by atoms with Gasteiger partial charge >= 0.3 is 5.69 Å². The Kier molecular flexibility index (Phi) is 3.56. The third kappa shape index (κ3) is 2.86. The first-order chi connectivity index (χ1) is 9.47. The van der Waals surface area contributed by atoms with Crippen LogP contribution in [0.15, 0.2) is 42.5 Å². The van der Waals surface area contributed by atoms with Crippen molar-refractivity contribution in [3.8, 4) is 11.5 Å². The molecule has 2 rings (SSSR count). The second kappa shape index (κ2) is 5.31. The van der Waals surface area contributed by atoms with E-state index in [1.54, 1.807) is 0 Å². The molecule has 0 heterocycles. The van der Waals surface area contributed by atoms with Crippen molar-refractivity contribution in [2.45, 2.75) is 0 Å². The fourth-order valence-electron chi connectivity index (χ4n) is 1.51. The minimum absolute atomic E-state index is 0.0499. The van der Waals surface area contributed by atoms with Crippen LogP contribution < -0.4 is 4.74 Å². The molecule has 2 aromatic carbocycles. The normalized spacial score (nSPS) is 10.1. The van der Waals surface area contributed by atoms with Gasteiger partial charge in [-0.05, 0) is 18.2 Å². The molecule has 0 unspecified atom stereocenters. The summed E-state index contributed by atoms with van der Waals surface area (Å²) in [4.78, 5) is 20.0. The van der Waals surface area contributed by atoms with Gasteiger partial charge in [0.25, 0.3) is 5.69 Å². The van der Waals surface area contributed by atoms with Crippen molar-refractivity contribution >= 4 is 11.4 Å². The molecule has 7 nitrogen and oxygen atoms in total. The lowest BCUT2D eigenvalue weighted by atomic mass is 10.2. The summed E-state index contributed by atoms with van der Waals surface area (Å²) < 4.78 is 18.2. The maximum absolute atomic E-state index is 13.0. The Labute approximate surface area is 111 Å². The molecule has 0 radical (unpaired) electrons. The molecule has 2 aromatic rings. The molecule has 102 valence electrons. The summed E-state index contributed by atoms with van der Waals surface area (Å²) in [5.41, 5.74) is -0.774. The van der Waals surface area contributed by atoms with E-state index in [1.165, 1.54) is 18.2 Å². The number of nitrogens with zero attached hydrogens (tertiary/aromatic N) is 2. The van der Waals surface area contributed by atoms with Gasteiger partial charge in [0.05, 0.1) is 22.0 Å². The van der Waals surface area contributed by atoms with Crippen LogP contribution >= 0.6 is 0 Å². The van der Waals surface area contributed by atoms with Gasteiger partial charge in [0.1, 0.15) is 11.6 Å². The summed E-state index contributed by atoms with van der Waals surface area (Å²) >= 11 is 0. The molecule has 0 aromatic heterocycles. The maximum Gasteiger partial charge on any atom is 0.314 e. The Balaban J connectivity index is 2.37. The maximum atomic E-state index is 13.0. The zero-order valence-corrected chi connectivity index (χ0v) is 9.86. The summed E-state index contributed by atoms with van der Waals surface area (Å²) in [6, 6.07) is 7.96. The molecule has 0 aliphatic carbocycles. The van der Waals surface area contributed by atoms with E-state index in [2.05, 4.69) is 0 Å². The number of benzene rings is 2. The Hall–Kier alpha value is -3.03. The third-order valence-electron chi connectivity index (χ3n) is 2.37. The van der Waals surface area contributed by atoms with E-state index in [0.717, 1.165) is 18.2 Å². The molecule has 20 heavy (non-hydrogen) atoms. The van der Waals surface area contributed by atoms with Gasteiger partial charge in [0.15, 0.2) is 0 Å². The zero-order chi connectivity index (χ0) is 14.7. The highest BCUT2D eigenvalue weighted by Crippen LogP contribution is 2.32. The van der Waals surface area contributed by atoms with Crippen molar-refractivity contribution in [2.75, 3.05) is 0 Å². The Morgan fingerprint density at radius 1 is 1.00 bits per heavy atom. The van der Waals surface area contributed by atoms with Gasteiger partial charge in [0, 0.05) is 6.07 Å². The van der Waals surface area contributed by atoms with Crippen LogP contribution in [0.5, 0.6) is 11.5 Å². The molecule has 0 aliphatic heterocycles. The second-order valence-corrected chi connectivity index (χ2v) is 3.73. The fourth-order valence-corrected chi connectivity index (χ4v) is 1.51. The van der Waals surface area contributed by atoms with Gasteiger partial charge in [-0.2, -0.15) is 0 Å². The number of nitro groups is 2. The number of nitro benzene ring substituents is 2. The van der Waals surface area contributed by atoms with E-state index in [4.69, 9.17) is 4.74 Å². The number of rotatable bonds is 4. The van der Waals surface area contributed by atoms with E-state index in [1.807, 2.05) is 0 Å².